The van der Waals surface area contributed by atoms with Crippen LogP contribution in [0, 0.1) is 0 Å². The Bertz CT molecular complexity index is 594. The number of imidazole rings is 1. The number of nitrogens with one attached hydrogen (secondary N) is 1. The van der Waals surface area contributed by atoms with E-state index in [1.807, 2.05) is 0 Å². The smallest absolute Gasteiger partial charge is 0.181 e. The molecule has 0 aliphatic carbocycles. The van der Waals surface area contributed by atoms with Gasteiger partial charge < -0.3 is 10.7 Å². The molecule has 0 bridgehead atoms. The van der Waals surface area contributed by atoms with Crippen molar-refractivity contribution in [3.63, 3.8) is 0 Å². The van der Waals surface area contributed by atoms with E-state index in [9.17, 15) is 0 Å². The van der Waals surface area contributed by atoms with Gasteiger partial charge in [-0.3, -0.25) is 4.98 Å². The summed E-state index contributed by atoms with van der Waals surface area (Å²) >= 11 is 0. The molecule has 0 unspecified atom stereocenters. The Hall–Kier alpha value is -2.50. The minimum Gasteiger partial charge on any atom is -0.397 e. The number of nitrogens with two attached hydrogens (primary N) is 1. The van der Waals surface area contributed by atoms with Crippen molar-refractivity contribution in [1.82, 2.24) is 24.9 Å². The van der Waals surface area contributed by atoms with Crippen LogP contribution in [-0.2, 0) is 0 Å². The summed E-state index contributed by atoms with van der Waals surface area (Å²) in [5.41, 5.74) is 8.33. The zero-order valence-corrected chi connectivity index (χ0v) is 8.25. The van der Waals surface area contributed by atoms with Crippen LogP contribution in [0.3, 0.4) is 0 Å². The fourth-order valence-corrected chi connectivity index (χ4v) is 1.43. The highest BCUT2D eigenvalue weighted by Gasteiger charge is 2.06. The molecule has 0 atom stereocenters. The molecule has 16 heavy (non-hydrogen) atoms. The van der Waals surface area contributed by atoms with Gasteiger partial charge in [0.05, 0.1) is 18.1 Å². The van der Waals surface area contributed by atoms with Crippen LogP contribution in [-0.4, -0.2) is 24.9 Å². The first kappa shape index (κ1) is 8.78. The molecule has 0 spiro atoms. The number of hydrogen-bond acceptors (Lipinski definition) is 5. The number of fused-ring (bicyclic) bond motifs is 1. The Balaban J connectivity index is 2.15. The molecule has 0 amide bonds. The monoisotopic (exact) mass is 212 g/mol. The molecule has 3 aromatic rings. The number of rotatable bonds is 1. The van der Waals surface area contributed by atoms with Crippen molar-refractivity contribution in [2.45, 2.75) is 0 Å². The van der Waals surface area contributed by atoms with Gasteiger partial charge in [-0.05, 0) is 12.1 Å². The second-order valence-electron chi connectivity index (χ2n) is 3.32. The van der Waals surface area contributed by atoms with E-state index in [1.54, 1.807) is 24.5 Å². The van der Waals surface area contributed by atoms with E-state index in [0.29, 0.717) is 17.2 Å². The standard InChI is InChI=1S/C10H8N6/c11-6-1-2-7(13-3-6)10-15-8-4-12-5-14-9(8)16-10/h1-5H,11H2,(H,12,14,15,16). The third kappa shape index (κ3) is 1.36. The number of nitrogen functional groups attached to an aromatic ring is 1. The van der Waals surface area contributed by atoms with Crippen molar-refractivity contribution in [2.24, 2.45) is 0 Å². The first-order valence-electron chi connectivity index (χ1n) is 4.70. The molecule has 6 nitrogen and oxygen atoms in total. The summed E-state index contributed by atoms with van der Waals surface area (Å²) in [4.78, 5) is 19.5. The van der Waals surface area contributed by atoms with E-state index >= 15 is 0 Å². The number of aromatic nitrogens is 5. The normalized spacial score (nSPS) is 10.8. The number of nitrogens with zero attached hydrogens (tertiary/aromatic N) is 4. The van der Waals surface area contributed by atoms with Gasteiger partial charge in [0, 0.05) is 0 Å². The lowest BCUT2D eigenvalue weighted by atomic mass is 10.3. The van der Waals surface area contributed by atoms with Gasteiger partial charge in [0.15, 0.2) is 11.5 Å². The molecular weight excluding hydrogens is 204 g/mol. The van der Waals surface area contributed by atoms with E-state index in [1.165, 1.54) is 6.33 Å². The third-order valence-electron chi connectivity index (χ3n) is 2.19. The minimum atomic E-state index is 0.625. The molecular formula is C10H8N6. The molecule has 78 valence electrons. The van der Waals surface area contributed by atoms with Gasteiger partial charge in [0.2, 0.25) is 0 Å². The number of H-pyrrole nitrogens is 1. The third-order valence-corrected chi connectivity index (χ3v) is 2.19. The number of hydrogen-bond donors (Lipinski definition) is 2. The molecule has 3 rings (SSSR count). The van der Waals surface area contributed by atoms with Crippen LogP contribution in [0.15, 0.2) is 30.9 Å². The molecule has 0 fully saturated rings. The maximum absolute atomic E-state index is 5.56. The summed E-state index contributed by atoms with van der Waals surface area (Å²) in [6.07, 6.45) is 4.73. The maximum atomic E-state index is 5.56. The lowest BCUT2D eigenvalue weighted by Gasteiger charge is -1.95. The fraction of sp³-hybridized carbons (Fsp3) is 0. The fourth-order valence-electron chi connectivity index (χ4n) is 1.43. The van der Waals surface area contributed by atoms with Gasteiger partial charge in [-0.25, -0.2) is 15.0 Å². The molecule has 3 N–H and O–H groups in total. The van der Waals surface area contributed by atoms with Crippen LogP contribution in [0.1, 0.15) is 0 Å². The maximum Gasteiger partial charge on any atom is 0.181 e. The lowest BCUT2D eigenvalue weighted by molar-refractivity contribution is 1.20. The van der Waals surface area contributed by atoms with Gasteiger partial charge >= 0.3 is 0 Å². The first-order valence-corrected chi connectivity index (χ1v) is 4.70. The molecule has 0 aromatic carbocycles. The average molecular weight is 212 g/mol. The quantitative estimate of drug-likeness (QED) is 0.627. The molecule has 0 aliphatic heterocycles. The summed E-state index contributed by atoms with van der Waals surface area (Å²) in [6, 6.07) is 3.58. The van der Waals surface area contributed by atoms with Crippen molar-refractivity contribution in [3.05, 3.63) is 30.9 Å². The highest BCUT2D eigenvalue weighted by molar-refractivity contribution is 5.73. The van der Waals surface area contributed by atoms with Gasteiger partial charge in [-0.1, -0.05) is 0 Å². The highest BCUT2D eigenvalue weighted by Crippen LogP contribution is 2.16. The summed E-state index contributed by atoms with van der Waals surface area (Å²) in [5.74, 6) is 0.663. The van der Waals surface area contributed by atoms with Crippen molar-refractivity contribution in [3.8, 4) is 11.5 Å². The van der Waals surface area contributed by atoms with Gasteiger partial charge in [0.25, 0.3) is 0 Å². The highest BCUT2D eigenvalue weighted by atomic mass is 15.0. The molecule has 0 saturated heterocycles. The number of pyridine rings is 1. The van der Waals surface area contributed by atoms with E-state index < -0.39 is 0 Å². The lowest BCUT2D eigenvalue weighted by Crippen LogP contribution is -1.89. The number of aromatic amines is 1. The SMILES string of the molecule is Nc1ccc(-c2nc3ncncc3[nH]2)nc1. The van der Waals surface area contributed by atoms with Crippen molar-refractivity contribution in [2.75, 3.05) is 5.73 Å². The zero-order valence-electron chi connectivity index (χ0n) is 8.25. The van der Waals surface area contributed by atoms with Crippen LogP contribution in [0.2, 0.25) is 0 Å². The van der Waals surface area contributed by atoms with Crippen LogP contribution in [0.5, 0.6) is 0 Å². The summed E-state index contributed by atoms with van der Waals surface area (Å²) in [5, 5.41) is 0. The second kappa shape index (κ2) is 3.27. The van der Waals surface area contributed by atoms with Gasteiger partial charge in [-0.15, -0.1) is 0 Å². The van der Waals surface area contributed by atoms with Gasteiger partial charge in [0.1, 0.15) is 17.5 Å². The van der Waals surface area contributed by atoms with Crippen molar-refractivity contribution in [1.29, 1.82) is 0 Å². The summed E-state index contributed by atoms with van der Waals surface area (Å²) in [7, 11) is 0. The summed E-state index contributed by atoms with van der Waals surface area (Å²) < 4.78 is 0. The van der Waals surface area contributed by atoms with Crippen LogP contribution in [0.4, 0.5) is 5.69 Å². The van der Waals surface area contributed by atoms with Crippen LogP contribution < -0.4 is 5.73 Å². The Kier molecular flexibility index (Phi) is 1.79. The predicted molar refractivity (Wildman–Crippen MR) is 59.3 cm³/mol. The average Bonchev–Trinajstić information content (AvgIpc) is 2.73. The summed E-state index contributed by atoms with van der Waals surface area (Å²) in [6.45, 7) is 0. The van der Waals surface area contributed by atoms with Crippen LogP contribution in [0.25, 0.3) is 22.7 Å². The molecule has 0 radical (unpaired) electrons. The van der Waals surface area contributed by atoms with E-state index in [2.05, 4.69) is 24.9 Å². The minimum absolute atomic E-state index is 0.625. The van der Waals surface area contributed by atoms with E-state index in [4.69, 9.17) is 5.73 Å². The molecule has 6 heteroatoms. The second-order valence-corrected chi connectivity index (χ2v) is 3.32. The molecule has 0 saturated carbocycles. The topological polar surface area (TPSA) is 93.4 Å². The number of anilines is 1. The van der Waals surface area contributed by atoms with Crippen LogP contribution >= 0.6 is 0 Å². The Morgan fingerprint density at radius 2 is 2.06 bits per heavy atom. The molecule has 3 aromatic heterocycles. The van der Waals surface area contributed by atoms with Crippen molar-refractivity contribution < 1.29 is 0 Å². The van der Waals surface area contributed by atoms with Crippen molar-refractivity contribution >= 4 is 16.9 Å². The zero-order chi connectivity index (χ0) is 11.0. The Morgan fingerprint density at radius 1 is 1.12 bits per heavy atom. The van der Waals surface area contributed by atoms with E-state index in [0.717, 1.165) is 11.2 Å². The predicted octanol–water partition coefficient (Wildman–Crippen LogP) is 0.997. The largest absolute Gasteiger partial charge is 0.397 e. The molecule has 0 aliphatic rings. The Morgan fingerprint density at radius 3 is 2.81 bits per heavy atom. The van der Waals surface area contributed by atoms with E-state index in [-0.39, 0.29) is 0 Å². The van der Waals surface area contributed by atoms with Gasteiger partial charge in [-0.2, -0.15) is 0 Å². The Labute approximate surface area is 90.6 Å². The first-order chi connectivity index (χ1) is 7.83. The molecule has 3 heterocycles.